The molecule has 0 saturated heterocycles. The molecule has 190 valence electrons. The number of quaternary nitrogens is 1. The quantitative estimate of drug-likeness (QED) is 0.256. The molecule has 0 heterocycles. The van der Waals surface area contributed by atoms with Crippen molar-refractivity contribution in [3.63, 3.8) is 0 Å². The first-order chi connectivity index (χ1) is 14.0. The van der Waals surface area contributed by atoms with Crippen LogP contribution in [0.3, 0.4) is 0 Å². The van der Waals surface area contributed by atoms with Gasteiger partial charge in [0, 0.05) is 13.0 Å². The van der Waals surface area contributed by atoms with Gasteiger partial charge in [-0.15, -0.1) is 0 Å². The Kier molecular flexibility index (Phi) is 14.9. The van der Waals surface area contributed by atoms with Crippen LogP contribution in [0, 0.1) is 0 Å². The Labute approximate surface area is 204 Å². The van der Waals surface area contributed by atoms with Crippen LogP contribution >= 0.6 is 0 Å². The van der Waals surface area contributed by atoms with E-state index >= 15 is 0 Å². The summed E-state index contributed by atoms with van der Waals surface area (Å²) in [5.41, 5.74) is -1.37. The monoisotopic (exact) mass is 524 g/mol. The maximum Gasteiger partial charge on any atom is 0.408 e. The standard InChI is InChI=1S/C22H44N4O5.BrH/c1-10-11-14-26(8,9)15-12-13-23-18(27)17(25-20(29)31-22(5,6)7)16-24-19(28)30-21(2,3)4;/h17H,10-16H2,1-9H3,(H2-,23,24,25,27,28,29);1H. The van der Waals surface area contributed by atoms with Crippen LogP contribution in [-0.4, -0.2) is 80.1 Å². The normalized spacial score (nSPS) is 12.8. The molecule has 0 aliphatic carbocycles. The van der Waals surface area contributed by atoms with Crippen LogP contribution in [0.1, 0.15) is 67.7 Å². The second-order valence-corrected chi connectivity index (χ2v) is 10.5. The van der Waals surface area contributed by atoms with Crippen molar-refractivity contribution in [2.45, 2.75) is 85.0 Å². The highest BCUT2D eigenvalue weighted by Crippen LogP contribution is 2.08. The smallest absolute Gasteiger partial charge is 0.408 e. The van der Waals surface area contributed by atoms with Gasteiger partial charge in [0.25, 0.3) is 0 Å². The van der Waals surface area contributed by atoms with Crippen molar-refractivity contribution >= 4 is 18.1 Å². The van der Waals surface area contributed by atoms with Crippen molar-refractivity contribution in [1.82, 2.24) is 16.0 Å². The molecule has 3 N–H and O–H groups in total. The number of nitrogens with zero attached hydrogens (tertiary/aromatic N) is 1. The van der Waals surface area contributed by atoms with E-state index in [1.54, 1.807) is 41.5 Å². The van der Waals surface area contributed by atoms with E-state index in [0.717, 1.165) is 36.8 Å². The Balaban J connectivity index is 0. The van der Waals surface area contributed by atoms with Crippen molar-refractivity contribution in [3.05, 3.63) is 0 Å². The van der Waals surface area contributed by atoms with Crippen LogP contribution in [0.4, 0.5) is 9.59 Å². The second-order valence-electron chi connectivity index (χ2n) is 10.5. The number of amides is 3. The molecule has 0 aliphatic heterocycles. The molecule has 3 amide bonds. The summed E-state index contributed by atoms with van der Waals surface area (Å²) in [6.45, 7) is 15.0. The van der Waals surface area contributed by atoms with Crippen LogP contribution in [0.5, 0.6) is 0 Å². The Hall–Kier alpha value is -1.55. The maximum absolute atomic E-state index is 12.7. The third-order valence-corrected chi connectivity index (χ3v) is 4.21. The molecule has 0 aliphatic rings. The van der Waals surface area contributed by atoms with Crippen LogP contribution in [-0.2, 0) is 14.3 Å². The van der Waals surface area contributed by atoms with Gasteiger partial charge in [-0.1, -0.05) is 13.3 Å². The summed E-state index contributed by atoms with van der Waals surface area (Å²) < 4.78 is 11.3. The lowest BCUT2D eigenvalue weighted by Crippen LogP contribution is -3.00. The third-order valence-electron chi connectivity index (χ3n) is 4.21. The molecule has 10 heteroatoms. The predicted octanol–water partition coefficient (Wildman–Crippen LogP) is -0.209. The lowest BCUT2D eigenvalue weighted by Gasteiger charge is -2.30. The fourth-order valence-electron chi connectivity index (χ4n) is 2.70. The average Bonchev–Trinajstić information content (AvgIpc) is 2.57. The number of hydrogen-bond acceptors (Lipinski definition) is 5. The lowest BCUT2D eigenvalue weighted by molar-refractivity contribution is -0.890. The number of alkyl carbamates (subject to hydrolysis) is 2. The molecule has 0 rings (SSSR count). The topological polar surface area (TPSA) is 106 Å². The fraction of sp³-hybridized carbons (Fsp3) is 0.864. The van der Waals surface area contributed by atoms with Gasteiger partial charge in [0.15, 0.2) is 0 Å². The third kappa shape index (κ3) is 18.1. The lowest BCUT2D eigenvalue weighted by atomic mass is 10.2. The largest absolute Gasteiger partial charge is 1.00 e. The van der Waals surface area contributed by atoms with Gasteiger partial charge in [-0.05, 0) is 48.0 Å². The number of carbonyl (C=O) groups excluding carboxylic acids is 3. The molecule has 0 aromatic carbocycles. The highest BCUT2D eigenvalue weighted by molar-refractivity contribution is 5.86. The molecule has 0 aromatic heterocycles. The summed E-state index contributed by atoms with van der Waals surface area (Å²) in [5.74, 6) is -0.388. The molecular weight excluding hydrogens is 480 g/mol. The number of nitrogens with one attached hydrogen (secondary N) is 3. The molecule has 1 unspecified atom stereocenters. The van der Waals surface area contributed by atoms with Gasteiger partial charge in [0.2, 0.25) is 5.91 Å². The summed E-state index contributed by atoms with van der Waals surface area (Å²) in [7, 11) is 4.35. The second kappa shape index (κ2) is 14.6. The fourth-order valence-corrected chi connectivity index (χ4v) is 2.70. The molecule has 0 fully saturated rings. The van der Waals surface area contributed by atoms with Crippen molar-refractivity contribution in [2.75, 3.05) is 40.3 Å². The molecule has 0 aromatic rings. The summed E-state index contributed by atoms with van der Waals surface area (Å²) in [6.07, 6.45) is 1.74. The minimum atomic E-state index is -0.982. The van der Waals surface area contributed by atoms with E-state index in [2.05, 4.69) is 37.0 Å². The van der Waals surface area contributed by atoms with Crippen LogP contribution in [0.15, 0.2) is 0 Å². The van der Waals surface area contributed by atoms with Crippen molar-refractivity contribution < 1.29 is 45.3 Å². The van der Waals surface area contributed by atoms with E-state index in [-0.39, 0.29) is 29.4 Å². The number of rotatable bonds is 11. The highest BCUT2D eigenvalue weighted by atomic mass is 79.9. The van der Waals surface area contributed by atoms with E-state index in [4.69, 9.17) is 9.47 Å². The first-order valence-electron chi connectivity index (χ1n) is 11.1. The van der Waals surface area contributed by atoms with Gasteiger partial charge < -0.3 is 46.9 Å². The zero-order valence-corrected chi connectivity index (χ0v) is 23.0. The van der Waals surface area contributed by atoms with Gasteiger partial charge >= 0.3 is 12.2 Å². The number of carbonyl (C=O) groups is 3. The first-order valence-corrected chi connectivity index (χ1v) is 11.1. The van der Waals surface area contributed by atoms with Gasteiger partial charge in [0.05, 0.1) is 33.7 Å². The summed E-state index contributed by atoms with van der Waals surface area (Å²) >= 11 is 0. The predicted molar refractivity (Wildman–Crippen MR) is 122 cm³/mol. The van der Waals surface area contributed by atoms with Gasteiger partial charge in [-0.25, -0.2) is 9.59 Å². The molecule has 0 spiro atoms. The summed E-state index contributed by atoms with van der Waals surface area (Å²) in [6, 6.07) is -0.982. The van der Waals surface area contributed by atoms with Gasteiger partial charge in [-0.3, -0.25) is 4.79 Å². The zero-order chi connectivity index (χ0) is 24.3. The number of hydrogen-bond donors (Lipinski definition) is 3. The van der Waals surface area contributed by atoms with E-state index in [0.29, 0.717) is 6.54 Å². The molecule has 0 bridgehead atoms. The SMILES string of the molecule is CCCC[N+](C)(C)CCCNC(=O)C(CNC(=O)OC(C)(C)C)NC(=O)OC(C)(C)C.[Br-]. The molecule has 0 radical (unpaired) electrons. The first kappa shape index (κ1) is 32.6. The molecule has 9 nitrogen and oxygen atoms in total. The van der Waals surface area contributed by atoms with Crippen molar-refractivity contribution in [2.24, 2.45) is 0 Å². The Morgan fingerprint density at radius 3 is 1.84 bits per heavy atom. The Bertz CT molecular complexity index is 586. The number of halogens is 1. The Morgan fingerprint density at radius 2 is 1.34 bits per heavy atom. The molecule has 32 heavy (non-hydrogen) atoms. The van der Waals surface area contributed by atoms with Crippen LogP contribution in [0.2, 0.25) is 0 Å². The van der Waals surface area contributed by atoms with Crippen molar-refractivity contribution in [1.29, 1.82) is 0 Å². The maximum atomic E-state index is 12.7. The van der Waals surface area contributed by atoms with Crippen molar-refractivity contribution in [3.8, 4) is 0 Å². The van der Waals surface area contributed by atoms with E-state index in [1.165, 1.54) is 0 Å². The zero-order valence-electron chi connectivity index (χ0n) is 21.4. The van der Waals surface area contributed by atoms with E-state index < -0.39 is 29.4 Å². The minimum Gasteiger partial charge on any atom is -1.00 e. The minimum absolute atomic E-state index is 0. The molecule has 1 atom stereocenters. The Morgan fingerprint density at radius 1 is 0.844 bits per heavy atom. The molecule has 0 saturated carbocycles. The number of unbranched alkanes of at least 4 members (excludes halogenated alkanes) is 1. The van der Waals surface area contributed by atoms with Gasteiger partial charge in [-0.2, -0.15) is 0 Å². The van der Waals surface area contributed by atoms with Gasteiger partial charge in [0.1, 0.15) is 17.2 Å². The van der Waals surface area contributed by atoms with Crippen LogP contribution in [0.25, 0.3) is 0 Å². The summed E-state index contributed by atoms with van der Waals surface area (Å²) in [5, 5.41) is 7.90. The van der Waals surface area contributed by atoms with E-state index in [9.17, 15) is 14.4 Å². The number of ether oxygens (including phenoxy) is 2. The molecular formula is C22H45BrN4O5. The highest BCUT2D eigenvalue weighted by Gasteiger charge is 2.26. The van der Waals surface area contributed by atoms with Crippen LogP contribution < -0.4 is 32.9 Å². The van der Waals surface area contributed by atoms with E-state index in [1.807, 2.05) is 0 Å². The average molecular weight is 526 g/mol. The summed E-state index contributed by atoms with van der Waals surface area (Å²) in [4.78, 5) is 36.8.